The second-order valence-corrected chi connectivity index (χ2v) is 9.84. The van der Waals surface area contributed by atoms with Gasteiger partial charge in [0, 0.05) is 19.4 Å². The lowest BCUT2D eigenvalue weighted by Gasteiger charge is -2.47. The van der Waals surface area contributed by atoms with E-state index in [2.05, 4.69) is 5.32 Å². The molecule has 1 saturated carbocycles. The minimum absolute atomic E-state index is 0.0248. The van der Waals surface area contributed by atoms with Crippen LogP contribution in [0.1, 0.15) is 33.1 Å². The summed E-state index contributed by atoms with van der Waals surface area (Å²) in [5.41, 5.74) is 2.20. The van der Waals surface area contributed by atoms with Gasteiger partial charge in [-0.1, -0.05) is 24.6 Å². The summed E-state index contributed by atoms with van der Waals surface area (Å²) in [6.07, 6.45) is 2.84. The molecule has 30 heavy (non-hydrogen) atoms. The van der Waals surface area contributed by atoms with Crippen LogP contribution in [-0.4, -0.2) is 32.2 Å². The molecule has 0 saturated heterocycles. The molecule has 0 spiro atoms. The number of primary sulfonamides is 1. The summed E-state index contributed by atoms with van der Waals surface area (Å²) < 4.78 is 22.9. The second-order valence-electron chi connectivity index (χ2n) is 8.28. The molecular weight excluding hydrogens is 402 g/mol. The predicted octanol–water partition coefficient (Wildman–Crippen LogP) is 2.91. The van der Waals surface area contributed by atoms with Crippen LogP contribution in [0.3, 0.4) is 0 Å². The average molecular weight is 428 g/mol. The minimum Gasteiger partial charge on any atom is -0.381 e. The summed E-state index contributed by atoms with van der Waals surface area (Å²) in [5.74, 6) is -0.0280. The molecule has 0 radical (unpaired) electrons. The van der Waals surface area contributed by atoms with E-state index < -0.39 is 15.6 Å². The molecule has 1 aliphatic heterocycles. The first-order valence-electron chi connectivity index (χ1n) is 9.97. The van der Waals surface area contributed by atoms with Gasteiger partial charge in [-0.2, -0.15) is 0 Å². The van der Waals surface area contributed by atoms with Crippen molar-refractivity contribution in [3.05, 3.63) is 42.5 Å². The number of nitrogens with one attached hydrogen (secondary N) is 1. The highest BCUT2D eigenvalue weighted by atomic mass is 32.2. The van der Waals surface area contributed by atoms with Crippen molar-refractivity contribution >= 4 is 33.1 Å². The summed E-state index contributed by atoms with van der Waals surface area (Å²) in [6, 6.07) is 11.9. The van der Waals surface area contributed by atoms with Gasteiger partial charge < -0.3 is 5.32 Å². The van der Waals surface area contributed by atoms with Gasteiger partial charge in [0.1, 0.15) is 5.54 Å². The lowest BCUT2D eigenvalue weighted by atomic mass is 9.73. The summed E-state index contributed by atoms with van der Waals surface area (Å²) in [6.45, 7) is 3.68. The summed E-state index contributed by atoms with van der Waals surface area (Å²) in [4.78, 5) is 27.4. The number of Topliss-reactive ketones (excluding diaryl/α,β-unsaturated/α-hetero) is 1. The van der Waals surface area contributed by atoms with Gasteiger partial charge in [0.15, 0.2) is 5.78 Å². The quantitative estimate of drug-likeness (QED) is 0.780. The molecule has 4 rings (SSSR count). The third kappa shape index (κ3) is 3.40. The van der Waals surface area contributed by atoms with Gasteiger partial charge in [-0.25, -0.2) is 13.6 Å². The number of anilines is 2. The zero-order chi connectivity index (χ0) is 21.7. The Labute approximate surface area is 176 Å². The molecule has 1 atom stereocenters. The number of carbonyl (C=O) groups is 2. The zero-order valence-corrected chi connectivity index (χ0v) is 17.8. The molecule has 1 aliphatic carbocycles. The van der Waals surface area contributed by atoms with Crippen molar-refractivity contribution in [2.75, 3.05) is 16.8 Å². The SMILES string of the molecule is CC(=O)N1c2ccc(-c3ccc(S(N)(=O)=O)cc3)cc2NC[C@@]1(C)C(=O)C1CCC1. The van der Waals surface area contributed by atoms with Crippen molar-refractivity contribution in [3.8, 4) is 11.1 Å². The van der Waals surface area contributed by atoms with Gasteiger partial charge in [-0.3, -0.25) is 14.5 Å². The van der Waals surface area contributed by atoms with Crippen molar-refractivity contribution in [2.45, 2.75) is 43.5 Å². The van der Waals surface area contributed by atoms with E-state index in [4.69, 9.17) is 5.14 Å². The molecule has 3 N–H and O–H groups in total. The number of rotatable bonds is 4. The van der Waals surface area contributed by atoms with E-state index in [-0.39, 0.29) is 22.5 Å². The maximum atomic E-state index is 13.1. The van der Waals surface area contributed by atoms with Crippen LogP contribution in [0.25, 0.3) is 11.1 Å². The highest BCUT2D eigenvalue weighted by Crippen LogP contribution is 2.42. The molecule has 0 aromatic heterocycles. The average Bonchev–Trinajstić information content (AvgIpc) is 2.65. The van der Waals surface area contributed by atoms with Crippen molar-refractivity contribution in [2.24, 2.45) is 11.1 Å². The van der Waals surface area contributed by atoms with E-state index in [1.165, 1.54) is 19.1 Å². The van der Waals surface area contributed by atoms with Crippen LogP contribution >= 0.6 is 0 Å². The first-order chi connectivity index (χ1) is 14.1. The summed E-state index contributed by atoms with van der Waals surface area (Å²) in [7, 11) is -3.75. The first-order valence-corrected chi connectivity index (χ1v) is 11.5. The number of nitrogens with zero attached hydrogens (tertiary/aromatic N) is 1. The number of hydrogen-bond donors (Lipinski definition) is 2. The van der Waals surface area contributed by atoms with Crippen LogP contribution in [0, 0.1) is 5.92 Å². The van der Waals surface area contributed by atoms with Crippen molar-refractivity contribution in [3.63, 3.8) is 0 Å². The fourth-order valence-electron chi connectivity index (χ4n) is 4.33. The Morgan fingerprint density at radius 3 is 2.27 bits per heavy atom. The van der Waals surface area contributed by atoms with Gasteiger partial charge in [0.05, 0.1) is 16.3 Å². The maximum Gasteiger partial charge on any atom is 0.238 e. The molecule has 158 valence electrons. The van der Waals surface area contributed by atoms with Gasteiger partial charge in [-0.05, 0) is 55.2 Å². The van der Waals surface area contributed by atoms with Gasteiger partial charge >= 0.3 is 0 Å². The zero-order valence-electron chi connectivity index (χ0n) is 17.0. The van der Waals surface area contributed by atoms with Crippen LogP contribution in [-0.2, 0) is 19.6 Å². The minimum atomic E-state index is -3.75. The lowest BCUT2D eigenvalue weighted by molar-refractivity contribution is -0.132. The number of nitrogens with two attached hydrogens (primary N) is 1. The number of benzene rings is 2. The van der Waals surface area contributed by atoms with E-state index in [1.807, 2.05) is 25.1 Å². The maximum absolute atomic E-state index is 13.1. The normalized spacial score (nSPS) is 21.4. The van der Waals surface area contributed by atoms with Crippen molar-refractivity contribution < 1.29 is 18.0 Å². The monoisotopic (exact) mass is 427 g/mol. The smallest absolute Gasteiger partial charge is 0.238 e. The van der Waals surface area contributed by atoms with Crippen LogP contribution in [0.4, 0.5) is 11.4 Å². The predicted molar refractivity (Wildman–Crippen MR) is 116 cm³/mol. The molecule has 1 heterocycles. The van der Waals surface area contributed by atoms with E-state index in [0.717, 1.165) is 36.1 Å². The van der Waals surface area contributed by atoms with Crippen molar-refractivity contribution in [1.29, 1.82) is 0 Å². The lowest BCUT2D eigenvalue weighted by Crippen LogP contribution is -2.63. The van der Waals surface area contributed by atoms with Crippen LogP contribution in [0.5, 0.6) is 0 Å². The highest BCUT2D eigenvalue weighted by molar-refractivity contribution is 7.89. The fraction of sp³-hybridized carbons (Fsp3) is 0.364. The van der Waals surface area contributed by atoms with E-state index in [0.29, 0.717) is 12.2 Å². The number of carbonyl (C=O) groups excluding carboxylic acids is 2. The van der Waals surface area contributed by atoms with E-state index in [9.17, 15) is 18.0 Å². The molecular formula is C22H25N3O4S. The largest absolute Gasteiger partial charge is 0.381 e. The Morgan fingerprint density at radius 1 is 1.10 bits per heavy atom. The van der Waals surface area contributed by atoms with Crippen LogP contribution in [0.15, 0.2) is 47.4 Å². The van der Waals surface area contributed by atoms with E-state index >= 15 is 0 Å². The Bertz CT molecular complexity index is 1120. The number of amides is 1. The number of ketones is 1. The molecule has 1 fully saturated rings. The van der Waals surface area contributed by atoms with Crippen LogP contribution in [0.2, 0.25) is 0 Å². The highest BCUT2D eigenvalue weighted by Gasteiger charge is 2.48. The standard InChI is InChI=1S/C22H25N3O4S/c1-14(26)25-20-11-8-17(15-6-9-18(10-7-15)30(23,28)29)12-19(20)24-13-22(25,2)21(27)16-4-3-5-16/h6-12,16,24H,3-5,13H2,1-2H3,(H2,23,28,29)/t22-/m0/s1. The molecule has 2 aromatic rings. The number of hydrogen-bond acceptors (Lipinski definition) is 5. The van der Waals surface area contributed by atoms with Gasteiger partial charge in [0.25, 0.3) is 0 Å². The fourth-order valence-corrected chi connectivity index (χ4v) is 4.84. The third-order valence-corrected chi connectivity index (χ3v) is 7.12. The Kier molecular flexibility index (Phi) is 4.94. The number of sulfonamides is 1. The second kappa shape index (κ2) is 7.21. The van der Waals surface area contributed by atoms with Crippen LogP contribution < -0.4 is 15.4 Å². The topological polar surface area (TPSA) is 110 Å². The van der Waals surface area contributed by atoms with Crippen molar-refractivity contribution in [1.82, 2.24) is 0 Å². The summed E-state index contributed by atoms with van der Waals surface area (Å²) >= 11 is 0. The third-order valence-electron chi connectivity index (χ3n) is 6.19. The molecule has 2 aliphatic rings. The first kappa shape index (κ1) is 20.6. The Balaban J connectivity index is 1.70. The molecule has 2 aromatic carbocycles. The molecule has 0 bridgehead atoms. The summed E-state index contributed by atoms with van der Waals surface area (Å²) in [5, 5.41) is 8.50. The van der Waals surface area contributed by atoms with Gasteiger partial charge in [-0.15, -0.1) is 0 Å². The molecule has 0 unspecified atom stereocenters. The molecule has 1 amide bonds. The molecule has 8 heteroatoms. The Hall–Kier alpha value is -2.71. The van der Waals surface area contributed by atoms with E-state index in [1.54, 1.807) is 17.0 Å². The number of fused-ring (bicyclic) bond motifs is 1. The van der Waals surface area contributed by atoms with Gasteiger partial charge in [0.2, 0.25) is 15.9 Å². The molecule has 7 nitrogen and oxygen atoms in total. The Morgan fingerprint density at radius 2 is 1.73 bits per heavy atom.